The number of aliphatic hydroxyl groups is 2. The van der Waals surface area contributed by atoms with Crippen LogP contribution in [0.2, 0.25) is 0 Å². The van der Waals surface area contributed by atoms with Gasteiger partial charge in [0.1, 0.15) is 19.3 Å². The molecule has 0 aliphatic carbocycles. The molecule has 0 radical (unpaired) electrons. The van der Waals surface area contributed by atoms with Gasteiger partial charge in [0.15, 0.2) is 5.60 Å². The first-order valence-electron chi connectivity index (χ1n) is 12.8. The van der Waals surface area contributed by atoms with Gasteiger partial charge >= 0.3 is 30.3 Å². The normalized spacial score (nSPS) is 18.4. The Kier molecular flexibility index (Phi) is 14.4. The molecule has 15 heteroatoms. The number of carbonyl (C=O) groups excluding carboxylic acids is 3. The molecule has 0 spiro atoms. The molecule has 0 saturated heterocycles. The van der Waals surface area contributed by atoms with E-state index in [0.717, 1.165) is 0 Å². The van der Waals surface area contributed by atoms with Crippen LogP contribution in [0.4, 0.5) is 26.3 Å². The van der Waals surface area contributed by atoms with Crippen LogP contribution in [-0.4, -0.2) is 85.1 Å². The highest BCUT2D eigenvalue weighted by molar-refractivity contribution is 5.81. The van der Waals surface area contributed by atoms with Gasteiger partial charge in [0.05, 0.1) is 29.9 Å². The van der Waals surface area contributed by atoms with Crippen molar-refractivity contribution in [2.75, 3.05) is 32.9 Å². The summed E-state index contributed by atoms with van der Waals surface area (Å²) < 4.78 is 91.5. The van der Waals surface area contributed by atoms with Gasteiger partial charge in [-0.05, 0) is 47.0 Å². The summed E-state index contributed by atoms with van der Waals surface area (Å²) in [4.78, 5) is 38.6. The van der Waals surface area contributed by atoms with Crippen LogP contribution in [0, 0.1) is 16.7 Å². The second-order valence-corrected chi connectivity index (χ2v) is 10.8. The van der Waals surface area contributed by atoms with E-state index in [1.807, 2.05) is 0 Å². The van der Waals surface area contributed by atoms with E-state index < -0.39 is 84.9 Å². The molecule has 9 nitrogen and oxygen atoms in total. The summed E-state index contributed by atoms with van der Waals surface area (Å²) >= 11 is 0. The Hall–Kier alpha value is -2.13. The predicted molar refractivity (Wildman–Crippen MR) is 130 cm³/mol. The number of hydrogen-bond donors (Lipinski definition) is 3. The summed E-state index contributed by atoms with van der Waals surface area (Å²) in [6, 6.07) is 0. The van der Waals surface area contributed by atoms with Crippen molar-refractivity contribution in [2.24, 2.45) is 16.7 Å². The van der Waals surface area contributed by atoms with Gasteiger partial charge in [0, 0.05) is 13.0 Å². The lowest BCUT2D eigenvalue weighted by atomic mass is 9.68. The third kappa shape index (κ3) is 12.6. The maximum Gasteiger partial charge on any atom is 0.417 e. The van der Waals surface area contributed by atoms with Gasteiger partial charge in [-0.3, -0.25) is 14.4 Å². The largest absolute Gasteiger partial charge is 0.464 e. The molecule has 0 rings (SSSR count). The standard InChI is InChI=1S/C25H41F6NO8/c1-7-21(4,20(36)40-17(3)13-23(6,37)25(29,30)31)14-22(5,12-16(2)18(34)38-11-9-33)19(35)39-10-8-32-15-24(26,27)28/h16-17,32-33,37H,7-15H2,1-6H3. The van der Waals surface area contributed by atoms with Gasteiger partial charge in [-0.1, -0.05) is 13.8 Å². The van der Waals surface area contributed by atoms with E-state index in [2.05, 4.69) is 5.32 Å². The van der Waals surface area contributed by atoms with Crippen LogP contribution in [0.1, 0.15) is 67.2 Å². The zero-order chi connectivity index (χ0) is 31.6. The van der Waals surface area contributed by atoms with E-state index in [-0.39, 0.29) is 32.4 Å². The van der Waals surface area contributed by atoms with Gasteiger partial charge in [0.25, 0.3) is 0 Å². The second kappa shape index (κ2) is 15.2. The maximum atomic E-state index is 13.2. The van der Waals surface area contributed by atoms with Gasteiger partial charge in [-0.15, -0.1) is 0 Å². The first-order chi connectivity index (χ1) is 18.0. The van der Waals surface area contributed by atoms with Crippen LogP contribution < -0.4 is 5.32 Å². The van der Waals surface area contributed by atoms with Gasteiger partial charge in [-0.25, -0.2) is 0 Å². The van der Waals surface area contributed by atoms with E-state index >= 15 is 0 Å². The van der Waals surface area contributed by atoms with E-state index in [9.17, 15) is 45.8 Å². The van der Waals surface area contributed by atoms with Crippen molar-refractivity contribution >= 4 is 17.9 Å². The molecule has 236 valence electrons. The van der Waals surface area contributed by atoms with Gasteiger partial charge in [-0.2, -0.15) is 26.3 Å². The first-order valence-corrected chi connectivity index (χ1v) is 12.8. The Labute approximate surface area is 229 Å². The van der Waals surface area contributed by atoms with Crippen molar-refractivity contribution in [3.05, 3.63) is 0 Å². The molecule has 0 bridgehead atoms. The van der Waals surface area contributed by atoms with Crippen LogP contribution in [-0.2, 0) is 28.6 Å². The molecule has 5 atom stereocenters. The summed E-state index contributed by atoms with van der Waals surface area (Å²) in [7, 11) is 0. The summed E-state index contributed by atoms with van der Waals surface area (Å²) in [6.07, 6.45) is -12.2. The van der Waals surface area contributed by atoms with Crippen molar-refractivity contribution in [1.29, 1.82) is 0 Å². The number of halogens is 6. The van der Waals surface area contributed by atoms with Crippen molar-refractivity contribution in [3.63, 3.8) is 0 Å². The minimum atomic E-state index is -4.97. The van der Waals surface area contributed by atoms with Crippen LogP contribution in [0.25, 0.3) is 0 Å². The summed E-state index contributed by atoms with van der Waals surface area (Å²) in [5.74, 6) is -3.58. The van der Waals surface area contributed by atoms with Gasteiger partial charge in [0.2, 0.25) is 0 Å². The molecule has 5 unspecified atom stereocenters. The number of esters is 3. The number of nitrogens with one attached hydrogen (secondary N) is 1. The minimum Gasteiger partial charge on any atom is -0.464 e. The van der Waals surface area contributed by atoms with E-state index in [1.54, 1.807) is 6.92 Å². The van der Waals surface area contributed by atoms with Crippen LogP contribution >= 0.6 is 0 Å². The molecule has 0 aromatic carbocycles. The molecule has 0 aromatic rings. The van der Waals surface area contributed by atoms with Gasteiger partial charge < -0.3 is 29.7 Å². The highest BCUT2D eigenvalue weighted by Crippen LogP contribution is 2.43. The monoisotopic (exact) mass is 597 g/mol. The molecule has 40 heavy (non-hydrogen) atoms. The molecule has 3 N–H and O–H groups in total. The Morgan fingerprint density at radius 2 is 1.45 bits per heavy atom. The first kappa shape index (κ1) is 37.9. The fourth-order valence-corrected chi connectivity index (χ4v) is 4.14. The van der Waals surface area contributed by atoms with Crippen LogP contribution in [0.3, 0.4) is 0 Å². The van der Waals surface area contributed by atoms with Crippen molar-refractivity contribution in [1.82, 2.24) is 5.32 Å². The third-order valence-electron chi connectivity index (χ3n) is 6.48. The molecule has 0 aliphatic rings. The molecule has 0 fully saturated rings. The number of hydrogen-bond acceptors (Lipinski definition) is 9. The van der Waals surface area contributed by atoms with Crippen LogP contribution in [0.5, 0.6) is 0 Å². The van der Waals surface area contributed by atoms with Crippen LogP contribution in [0.15, 0.2) is 0 Å². The third-order valence-corrected chi connectivity index (χ3v) is 6.48. The van der Waals surface area contributed by atoms with E-state index in [4.69, 9.17) is 19.3 Å². The highest BCUT2D eigenvalue weighted by atomic mass is 19.4. The lowest BCUT2D eigenvalue weighted by Gasteiger charge is -2.38. The number of aliphatic hydroxyl groups excluding tert-OH is 1. The SMILES string of the molecule is CCC(C)(CC(C)(CC(C)C(=O)OCCO)C(=O)OCCNCC(F)(F)F)C(=O)OC(C)CC(C)(O)C(F)(F)F. The smallest absolute Gasteiger partial charge is 0.417 e. The van der Waals surface area contributed by atoms with E-state index in [0.29, 0.717) is 6.92 Å². The average molecular weight is 598 g/mol. The lowest BCUT2D eigenvalue weighted by molar-refractivity contribution is -0.261. The second-order valence-electron chi connectivity index (χ2n) is 10.8. The molecule has 0 saturated carbocycles. The summed E-state index contributed by atoms with van der Waals surface area (Å²) in [5, 5.41) is 20.7. The highest BCUT2D eigenvalue weighted by Gasteiger charge is 2.52. The molecular formula is C25H41F6NO8. The molecular weight excluding hydrogens is 556 g/mol. The van der Waals surface area contributed by atoms with Crippen molar-refractivity contribution < 1.29 is 65.1 Å². The van der Waals surface area contributed by atoms with E-state index in [1.165, 1.54) is 27.7 Å². The zero-order valence-corrected chi connectivity index (χ0v) is 23.6. The maximum absolute atomic E-state index is 13.2. The molecule has 0 aromatic heterocycles. The van der Waals surface area contributed by atoms with Crippen molar-refractivity contribution in [3.8, 4) is 0 Å². The fraction of sp³-hybridized carbons (Fsp3) is 0.880. The number of rotatable bonds is 17. The molecule has 0 amide bonds. The number of alkyl halides is 6. The summed E-state index contributed by atoms with van der Waals surface area (Å²) in [6.45, 7) is 4.68. The Morgan fingerprint density at radius 1 is 0.875 bits per heavy atom. The molecule has 0 heterocycles. The molecule has 0 aliphatic heterocycles. The topological polar surface area (TPSA) is 131 Å². The predicted octanol–water partition coefficient (Wildman–Crippen LogP) is 3.69. The quantitative estimate of drug-likeness (QED) is 0.0995. The summed E-state index contributed by atoms with van der Waals surface area (Å²) in [5.41, 5.74) is -6.19. The Balaban J connectivity index is 5.81. The lowest BCUT2D eigenvalue weighted by Crippen LogP contribution is -2.46. The zero-order valence-electron chi connectivity index (χ0n) is 23.6. The van der Waals surface area contributed by atoms with Crippen molar-refractivity contribution in [2.45, 2.75) is 91.3 Å². The Morgan fingerprint density at radius 3 is 1.93 bits per heavy atom. The fourth-order valence-electron chi connectivity index (χ4n) is 4.14. The Bertz CT molecular complexity index is 835. The number of ether oxygens (including phenoxy) is 3. The number of carbonyl (C=O) groups is 3. The average Bonchev–Trinajstić information content (AvgIpc) is 2.79. The minimum absolute atomic E-state index is 0.0492.